The Morgan fingerprint density at radius 3 is 2.77 bits per heavy atom. The van der Waals surface area contributed by atoms with E-state index in [2.05, 4.69) is 10.3 Å². The molecule has 1 aromatic carbocycles. The van der Waals surface area contributed by atoms with Crippen LogP contribution in [0.15, 0.2) is 40.5 Å². The minimum atomic E-state index is -0.133. The van der Waals surface area contributed by atoms with E-state index in [0.717, 1.165) is 28.5 Å². The summed E-state index contributed by atoms with van der Waals surface area (Å²) in [5.41, 5.74) is 3.37. The highest BCUT2D eigenvalue weighted by molar-refractivity contribution is 7.12. The Labute approximate surface area is 131 Å². The number of carbonyl (C=O) groups is 1. The van der Waals surface area contributed by atoms with Crippen LogP contribution in [0, 0.1) is 6.92 Å². The smallest absolute Gasteiger partial charge is 0.265 e. The number of anilines is 1. The van der Waals surface area contributed by atoms with Gasteiger partial charge in [-0.1, -0.05) is 13.0 Å². The fourth-order valence-electron chi connectivity index (χ4n) is 2.45. The SMILES string of the molecule is CCc1cc(=O)[nH]c2cc(NC(=O)c3cc(C)cs3)ccc12. The highest BCUT2D eigenvalue weighted by atomic mass is 32.1. The third-order valence-electron chi connectivity index (χ3n) is 3.52. The predicted octanol–water partition coefficient (Wildman–Crippen LogP) is 3.71. The van der Waals surface area contributed by atoms with E-state index in [1.807, 2.05) is 37.4 Å². The Morgan fingerprint density at radius 1 is 1.27 bits per heavy atom. The van der Waals surface area contributed by atoms with Gasteiger partial charge in [0.25, 0.3) is 5.91 Å². The van der Waals surface area contributed by atoms with Crippen molar-refractivity contribution in [2.45, 2.75) is 20.3 Å². The van der Waals surface area contributed by atoms with Gasteiger partial charge in [0.2, 0.25) is 5.56 Å². The van der Waals surface area contributed by atoms with Crippen LogP contribution < -0.4 is 10.9 Å². The molecule has 2 heterocycles. The highest BCUT2D eigenvalue weighted by Crippen LogP contribution is 2.21. The third kappa shape index (κ3) is 2.80. The zero-order valence-electron chi connectivity index (χ0n) is 12.4. The maximum Gasteiger partial charge on any atom is 0.265 e. The number of amides is 1. The second kappa shape index (κ2) is 5.77. The molecule has 3 rings (SSSR count). The molecule has 0 unspecified atom stereocenters. The van der Waals surface area contributed by atoms with Crippen LogP contribution in [0.25, 0.3) is 10.9 Å². The van der Waals surface area contributed by atoms with Crippen LogP contribution in [0.1, 0.15) is 27.7 Å². The number of nitrogens with one attached hydrogen (secondary N) is 2. The second-order valence-electron chi connectivity index (χ2n) is 5.22. The first-order valence-corrected chi connectivity index (χ1v) is 7.97. The minimum absolute atomic E-state index is 0.123. The maximum absolute atomic E-state index is 12.2. The van der Waals surface area contributed by atoms with E-state index in [0.29, 0.717) is 10.6 Å². The molecule has 1 amide bonds. The average molecular weight is 312 g/mol. The van der Waals surface area contributed by atoms with Crippen molar-refractivity contribution in [2.24, 2.45) is 0 Å². The molecule has 2 N–H and O–H groups in total. The summed E-state index contributed by atoms with van der Waals surface area (Å²) in [4.78, 5) is 27.4. The molecule has 0 aliphatic carbocycles. The first-order valence-electron chi connectivity index (χ1n) is 7.09. The lowest BCUT2D eigenvalue weighted by molar-refractivity contribution is 0.103. The van der Waals surface area contributed by atoms with E-state index in [4.69, 9.17) is 0 Å². The van der Waals surface area contributed by atoms with Crippen molar-refractivity contribution >= 4 is 33.8 Å². The number of thiophene rings is 1. The van der Waals surface area contributed by atoms with Crippen molar-refractivity contribution in [2.75, 3.05) is 5.32 Å². The van der Waals surface area contributed by atoms with Gasteiger partial charge < -0.3 is 10.3 Å². The molecule has 112 valence electrons. The number of fused-ring (bicyclic) bond motifs is 1. The molecular weight excluding hydrogens is 296 g/mol. The number of aryl methyl sites for hydroxylation is 2. The lowest BCUT2D eigenvalue weighted by Gasteiger charge is -2.08. The molecule has 4 nitrogen and oxygen atoms in total. The van der Waals surface area contributed by atoms with E-state index >= 15 is 0 Å². The molecule has 22 heavy (non-hydrogen) atoms. The first kappa shape index (κ1) is 14.5. The molecule has 2 aromatic heterocycles. The van der Waals surface area contributed by atoms with Gasteiger partial charge in [-0.25, -0.2) is 0 Å². The van der Waals surface area contributed by atoms with Crippen LogP contribution in [-0.2, 0) is 6.42 Å². The molecule has 5 heteroatoms. The van der Waals surface area contributed by atoms with Gasteiger partial charge in [-0.2, -0.15) is 0 Å². The number of aromatic nitrogens is 1. The third-order valence-corrected chi connectivity index (χ3v) is 4.57. The summed E-state index contributed by atoms with van der Waals surface area (Å²) in [5, 5.41) is 5.82. The van der Waals surface area contributed by atoms with Crippen LogP contribution in [0.2, 0.25) is 0 Å². The van der Waals surface area contributed by atoms with E-state index in [1.54, 1.807) is 12.1 Å². The molecule has 0 atom stereocenters. The summed E-state index contributed by atoms with van der Waals surface area (Å²) in [6, 6.07) is 9.07. The van der Waals surface area contributed by atoms with Gasteiger partial charge in [0.15, 0.2) is 0 Å². The molecule has 0 radical (unpaired) electrons. The largest absolute Gasteiger partial charge is 0.322 e. The van der Waals surface area contributed by atoms with Gasteiger partial charge in [0, 0.05) is 17.1 Å². The van der Waals surface area contributed by atoms with Gasteiger partial charge in [-0.3, -0.25) is 9.59 Å². The fourth-order valence-corrected chi connectivity index (χ4v) is 3.24. The lowest BCUT2D eigenvalue weighted by atomic mass is 10.1. The first-order chi connectivity index (χ1) is 10.6. The van der Waals surface area contributed by atoms with Crippen molar-refractivity contribution in [3.8, 4) is 0 Å². The van der Waals surface area contributed by atoms with Crippen LogP contribution in [-0.4, -0.2) is 10.9 Å². The zero-order valence-corrected chi connectivity index (χ0v) is 13.2. The Hall–Kier alpha value is -2.40. The number of H-pyrrole nitrogens is 1. The Bertz CT molecular complexity index is 908. The summed E-state index contributed by atoms with van der Waals surface area (Å²) in [6.45, 7) is 3.98. The van der Waals surface area contributed by atoms with Crippen molar-refractivity contribution < 1.29 is 4.79 Å². The Balaban J connectivity index is 1.95. The summed E-state index contributed by atoms with van der Waals surface area (Å²) < 4.78 is 0. The van der Waals surface area contributed by atoms with Crippen molar-refractivity contribution in [3.63, 3.8) is 0 Å². The molecule has 3 aromatic rings. The highest BCUT2D eigenvalue weighted by Gasteiger charge is 2.09. The quantitative estimate of drug-likeness (QED) is 0.774. The van der Waals surface area contributed by atoms with Gasteiger partial charge in [-0.05, 0) is 48.1 Å². The number of hydrogen-bond donors (Lipinski definition) is 2. The van der Waals surface area contributed by atoms with E-state index in [1.165, 1.54) is 11.3 Å². The monoisotopic (exact) mass is 312 g/mol. The van der Waals surface area contributed by atoms with Crippen molar-refractivity contribution in [3.05, 3.63) is 62.1 Å². The number of hydrogen-bond acceptors (Lipinski definition) is 3. The van der Waals surface area contributed by atoms with Crippen LogP contribution >= 0.6 is 11.3 Å². The molecule has 0 fully saturated rings. The van der Waals surface area contributed by atoms with E-state index < -0.39 is 0 Å². The number of benzene rings is 1. The summed E-state index contributed by atoms with van der Waals surface area (Å²) >= 11 is 1.42. The Kier molecular flexibility index (Phi) is 3.81. The second-order valence-corrected chi connectivity index (χ2v) is 6.13. The number of rotatable bonds is 3. The number of aromatic amines is 1. The summed E-state index contributed by atoms with van der Waals surface area (Å²) in [5.74, 6) is -0.133. The number of pyridine rings is 1. The Morgan fingerprint density at radius 2 is 2.09 bits per heavy atom. The molecule has 0 saturated heterocycles. The molecular formula is C17H16N2O2S. The molecule has 0 aliphatic heterocycles. The minimum Gasteiger partial charge on any atom is -0.322 e. The normalized spacial score (nSPS) is 10.8. The van der Waals surface area contributed by atoms with Crippen LogP contribution in [0.4, 0.5) is 5.69 Å². The molecule has 0 spiro atoms. The van der Waals surface area contributed by atoms with Crippen LogP contribution in [0.5, 0.6) is 0 Å². The van der Waals surface area contributed by atoms with Crippen molar-refractivity contribution in [1.29, 1.82) is 0 Å². The maximum atomic E-state index is 12.2. The fraction of sp³-hybridized carbons (Fsp3) is 0.176. The molecule has 0 bridgehead atoms. The van der Waals surface area contributed by atoms with Crippen LogP contribution in [0.3, 0.4) is 0 Å². The van der Waals surface area contributed by atoms with E-state index in [9.17, 15) is 9.59 Å². The standard InChI is InChI=1S/C17H16N2O2S/c1-3-11-7-16(20)19-14-8-12(4-5-13(11)14)18-17(21)15-6-10(2)9-22-15/h4-9H,3H2,1-2H3,(H,18,21)(H,19,20). The van der Waals surface area contributed by atoms with Gasteiger partial charge >= 0.3 is 0 Å². The van der Waals surface area contributed by atoms with E-state index in [-0.39, 0.29) is 11.5 Å². The summed E-state index contributed by atoms with van der Waals surface area (Å²) in [7, 11) is 0. The molecule has 0 saturated carbocycles. The summed E-state index contributed by atoms with van der Waals surface area (Å²) in [6.07, 6.45) is 0.792. The average Bonchev–Trinajstić information content (AvgIpc) is 2.92. The predicted molar refractivity (Wildman–Crippen MR) is 91.0 cm³/mol. The topological polar surface area (TPSA) is 62.0 Å². The van der Waals surface area contributed by atoms with Gasteiger partial charge in [0.05, 0.1) is 10.4 Å². The lowest BCUT2D eigenvalue weighted by Crippen LogP contribution is -2.11. The molecule has 0 aliphatic rings. The van der Waals surface area contributed by atoms with Gasteiger partial charge in [0.1, 0.15) is 0 Å². The van der Waals surface area contributed by atoms with Crippen molar-refractivity contribution in [1.82, 2.24) is 4.98 Å². The number of carbonyl (C=O) groups excluding carboxylic acids is 1. The van der Waals surface area contributed by atoms with Gasteiger partial charge in [-0.15, -0.1) is 11.3 Å². The zero-order chi connectivity index (χ0) is 15.7.